The van der Waals surface area contributed by atoms with Gasteiger partial charge < -0.3 is 5.73 Å². The Kier molecular flexibility index (Phi) is 3.23. The van der Waals surface area contributed by atoms with Crippen molar-refractivity contribution in [3.05, 3.63) is 30.0 Å². The van der Waals surface area contributed by atoms with Gasteiger partial charge in [0.1, 0.15) is 0 Å². The van der Waals surface area contributed by atoms with Gasteiger partial charge in [-0.1, -0.05) is 12.1 Å². The fraction of sp³-hybridized carbons (Fsp3) is 0.357. The van der Waals surface area contributed by atoms with E-state index in [2.05, 4.69) is 10.4 Å². The van der Waals surface area contributed by atoms with Crippen LogP contribution in [0.1, 0.15) is 24.3 Å². The summed E-state index contributed by atoms with van der Waals surface area (Å²) in [6.07, 6.45) is 2.73. The first-order valence-electron chi connectivity index (χ1n) is 6.68. The maximum Gasteiger partial charge on any atom is 0.234 e. The Morgan fingerprint density at radius 3 is 3.00 bits per heavy atom. The Bertz CT molecular complexity index is 677. The van der Waals surface area contributed by atoms with Crippen molar-refractivity contribution in [1.82, 2.24) is 15.1 Å². The van der Waals surface area contributed by atoms with E-state index in [4.69, 9.17) is 5.73 Å². The summed E-state index contributed by atoms with van der Waals surface area (Å²) in [6, 6.07) is 5.85. The number of hydrogen-bond donors (Lipinski definition) is 2. The number of rotatable bonds is 3. The summed E-state index contributed by atoms with van der Waals surface area (Å²) in [4.78, 5) is 23.1. The number of piperidine rings is 1. The van der Waals surface area contributed by atoms with Crippen molar-refractivity contribution in [2.75, 3.05) is 6.54 Å². The van der Waals surface area contributed by atoms with Gasteiger partial charge in [-0.2, -0.15) is 5.10 Å². The molecule has 2 aromatic rings. The van der Waals surface area contributed by atoms with Crippen molar-refractivity contribution in [2.24, 2.45) is 5.73 Å². The van der Waals surface area contributed by atoms with Crippen molar-refractivity contribution in [3.8, 4) is 0 Å². The van der Waals surface area contributed by atoms with Crippen LogP contribution in [-0.2, 0) is 16.1 Å². The summed E-state index contributed by atoms with van der Waals surface area (Å²) in [5.41, 5.74) is 7.45. The van der Waals surface area contributed by atoms with Crippen molar-refractivity contribution in [2.45, 2.75) is 25.3 Å². The lowest BCUT2D eigenvalue weighted by Crippen LogP contribution is -2.39. The first-order valence-corrected chi connectivity index (χ1v) is 6.68. The van der Waals surface area contributed by atoms with E-state index in [0.29, 0.717) is 25.9 Å². The number of carbonyl (C=O) groups is 2. The summed E-state index contributed by atoms with van der Waals surface area (Å²) in [7, 11) is 0. The number of benzene rings is 1. The van der Waals surface area contributed by atoms with Gasteiger partial charge in [0.25, 0.3) is 0 Å². The minimum atomic E-state index is -0.265. The molecule has 1 aliphatic heterocycles. The van der Waals surface area contributed by atoms with E-state index < -0.39 is 0 Å². The van der Waals surface area contributed by atoms with Gasteiger partial charge in [0.2, 0.25) is 11.8 Å². The first-order chi connectivity index (χ1) is 9.69. The molecular formula is C14H16N4O2. The second kappa shape index (κ2) is 5.05. The molecule has 0 bridgehead atoms. The smallest absolute Gasteiger partial charge is 0.234 e. The molecule has 1 aliphatic rings. The Hall–Kier alpha value is -2.21. The average Bonchev–Trinajstić information content (AvgIpc) is 2.82. The highest BCUT2D eigenvalue weighted by atomic mass is 16.2. The molecule has 3 N–H and O–H groups in total. The molecule has 0 aliphatic carbocycles. The fourth-order valence-corrected chi connectivity index (χ4v) is 2.62. The molecule has 20 heavy (non-hydrogen) atoms. The van der Waals surface area contributed by atoms with Gasteiger partial charge in [-0.15, -0.1) is 0 Å². The van der Waals surface area contributed by atoms with E-state index in [1.54, 1.807) is 6.20 Å². The zero-order valence-corrected chi connectivity index (χ0v) is 11.0. The fourth-order valence-electron chi connectivity index (χ4n) is 2.62. The Morgan fingerprint density at radius 2 is 2.25 bits per heavy atom. The van der Waals surface area contributed by atoms with Crippen LogP contribution in [0.4, 0.5) is 0 Å². The molecule has 6 nitrogen and oxygen atoms in total. The van der Waals surface area contributed by atoms with Gasteiger partial charge in [0.15, 0.2) is 0 Å². The number of nitrogens with one attached hydrogen (secondary N) is 1. The second-order valence-electron chi connectivity index (χ2n) is 4.98. The van der Waals surface area contributed by atoms with Crippen LogP contribution in [0.3, 0.4) is 0 Å². The number of imide groups is 1. The molecule has 0 spiro atoms. The first kappa shape index (κ1) is 12.8. The van der Waals surface area contributed by atoms with E-state index in [0.717, 1.165) is 16.5 Å². The van der Waals surface area contributed by atoms with E-state index in [1.807, 2.05) is 22.9 Å². The number of aromatic nitrogens is 2. The van der Waals surface area contributed by atoms with Gasteiger partial charge >= 0.3 is 0 Å². The molecule has 1 unspecified atom stereocenters. The van der Waals surface area contributed by atoms with Crippen molar-refractivity contribution < 1.29 is 9.59 Å². The van der Waals surface area contributed by atoms with Crippen molar-refractivity contribution in [1.29, 1.82) is 0 Å². The molecule has 6 heteroatoms. The predicted molar refractivity (Wildman–Crippen MR) is 73.9 cm³/mol. The summed E-state index contributed by atoms with van der Waals surface area (Å²) >= 11 is 0. The second-order valence-corrected chi connectivity index (χ2v) is 4.98. The molecule has 1 aromatic heterocycles. The third-order valence-corrected chi connectivity index (χ3v) is 3.65. The lowest BCUT2D eigenvalue weighted by Gasteiger charge is -2.21. The number of amides is 2. The minimum absolute atomic E-state index is 0.194. The Morgan fingerprint density at radius 1 is 1.40 bits per heavy atom. The Balaban J connectivity index is 1.97. The number of nitrogens with zero attached hydrogens (tertiary/aromatic N) is 2. The number of fused-ring (bicyclic) bond motifs is 1. The quantitative estimate of drug-likeness (QED) is 0.797. The van der Waals surface area contributed by atoms with E-state index in [-0.39, 0.29) is 17.7 Å². The van der Waals surface area contributed by atoms with E-state index in [1.165, 1.54) is 0 Å². The molecule has 1 aromatic carbocycles. The minimum Gasteiger partial charge on any atom is -0.329 e. The molecule has 104 valence electrons. The number of nitrogens with two attached hydrogens (primary N) is 1. The van der Waals surface area contributed by atoms with Crippen LogP contribution in [0, 0.1) is 0 Å². The third-order valence-electron chi connectivity index (χ3n) is 3.65. The van der Waals surface area contributed by atoms with E-state index >= 15 is 0 Å². The predicted octanol–water partition coefficient (Wildman–Crippen LogP) is 0.515. The SMILES string of the molecule is NCCn1ncc2ccc(C3CCC(=O)NC3=O)cc21. The van der Waals surface area contributed by atoms with E-state index in [9.17, 15) is 9.59 Å². The number of hydrogen-bond acceptors (Lipinski definition) is 4. The molecule has 1 fully saturated rings. The zero-order chi connectivity index (χ0) is 14.1. The molecule has 0 saturated carbocycles. The van der Waals surface area contributed by atoms with Crippen LogP contribution in [0.25, 0.3) is 10.9 Å². The summed E-state index contributed by atoms with van der Waals surface area (Å²) < 4.78 is 1.84. The molecule has 1 atom stereocenters. The lowest BCUT2D eigenvalue weighted by atomic mass is 9.90. The van der Waals surface area contributed by atoms with Crippen LogP contribution >= 0.6 is 0 Å². The topological polar surface area (TPSA) is 90.0 Å². The molecule has 2 heterocycles. The highest BCUT2D eigenvalue weighted by molar-refractivity contribution is 6.01. The van der Waals surface area contributed by atoms with Crippen LogP contribution in [0.15, 0.2) is 24.4 Å². The molecular weight excluding hydrogens is 256 g/mol. The monoisotopic (exact) mass is 272 g/mol. The van der Waals surface area contributed by atoms with Crippen LogP contribution in [0.2, 0.25) is 0 Å². The molecule has 3 rings (SSSR count). The molecule has 1 saturated heterocycles. The largest absolute Gasteiger partial charge is 0.329 e. The molecule has 0 radical (unpaired) electrons. The Labute approximate surface area is 115 Å². The highest BCUT2D eigenvalue weighted by Gasteiger charge is 2.28. The number of carbonyl (C=O) groups excluding carboxylic acids is 2. The van der Waals surface area contributed by atoms with Crippen LogP contribution < -0.4 is 11.1 Å². The normalized spacial score (nSPS) is 19.4. The van der Waals surface area contributed by atoms with Crippen molar-refractivity contribution in [3.63, 3.8) is 0 Å². The van der Waals surface area contributed by atoms with Gasteiger partial charge in [-0.3, -0.25) is 19.6 Å². The maximum absolute atomic E-state index is 11.9. The van der Waals surface area contributed by atoms with Gasteiger partial charge in [0, 0.05) is 18.4 Å². The maximum atomic E-state index is 11.9. The lowest BCUT2D eigenvalue weighted by molar-refractivity contribution is -0.134. The van der Waals surface area contributed by atoms with Gasteiger partial charge in [0.05, 0.1) is 24.2 Å². The third kappa shape index (κ3) is 2.18. The van der Waals surface area contributed by atoms with Crippen LogP contribution in [-0.4, -0.2) is 28.1 Å². The summed E-state index contributed by atoms with van der Waals surface area (Å²) in [6.45, 7) is 1.15. The van der Waals surface area contributed by atoms with Gasteiger partial charge in [-0.05, 0) is 18.1 Å². The van der Waals surface area contributed by atoms with Crippen molar-refractivity contribution >= 4 is 22.7 Å². The summed E-state index contributed by atoms with van der Waals surface area (Å²) in [5.74, 6) is -0.677. The average molecular weight is 272 g/mol. The molecule has 2 amide bonds. The standard InChI is InChI=1S/C14H16N4O2/c15-5-6-18-12-7-9(1-2-10(12)8-16-18)11-3-4-13(19)17-14(11)20/h1-2,7-8,11H,3-6,15H2,(H,17,19,20). The highest BCUT2D eigenvalue weighted by Crippen LogP contribution is 2.27. The summed E-state index contributed by atoms with van der Waals surface area (Å²) in [5, 5.41) is 7.70. The van der Waals surface area contributed by atoms with Crippen LogP contribution in [0.5, 0.6) is 0 Å². The van der Waals surface area contributed by atoms with Gasteiger partial charge in [-0.25, -0.2) is 0 Å². The zero-order valence-electron chi connectivity index (χ0n) is 11.0.